The van der Waals surface area contributed by atoms with Crippen molar-refractivity contribution in [1.82, 2.24) is 9.78 Å². The standard InChI is InChI=1S/C25H34ClN3O4/c1-9-29-22(21(26)16(3)28-29)23(32-17(4)33-24(30)31-10-2)20(15-27-8)18-11-13-19(14-12-18)25(5,6)7/h11-15,17H,9-10H2,1-8H3/b23-20-,27-15-. The molecule has 0 N–H and O–H groups in total. The van der Waals surface area contributed by atoms with Gasteiger partial charge in [0.1, 0.15) is 5.69 Å². The van der Waals surface area contributed by atoms with Gasteiger partial charge in [-0.05, 0) is 37.3 Å². The lowest BCUT2D eigenvalue weighted by Gasteiger charge is -2.22. The predicted octanol–water partition coefficient (Wildman–Crippen LogP) is 6.27. The van der Waals surface area contributed by atoms with E-state index in [-0.39, 0.29) is 12.0 Å². The Morgan fingerprint density at radius 2 is 1.85 bits per heavy atom. The number of aliphatic imine (C=N–C) groups is 1. The number of aryl methyl sites for hydroxylation is 2. The Morgan fingerprint density at radius 3 is 2.36 bits per heavy atom. The Morgan fingerprint density at radius 1 is 1.21 bits per heavy atom. The van der Waals surface area contributed by atoms with Crippen LogP contribution in [-0.4, -0.2) is 42.1 Å². The monoisotopic (exact) mass is 475 g/mol. The molecule has 1 heterocycles. The van der Waals surface area contributed by atoms with Crippen molar-refractivity contribution in [2.75, 3.05) is 13.7 Å². The second-order valence-electron chi connectivity index (χ2n) is 8.51. The highest BCUT2D eigenvalue weighted by molar-refractivity contribution is 6.33. The molecule has 1 unspecified atom stereocenters. The highest BCUT2D eigenvalue weighted by Crippen LogP contribution is 2.35. The van der Waals surface area contributed by atoms with Crippen LogP contribution in [0.3, 0.4) is 0 Å². The zero-order chi connectivity index (χ0) is 24.8. The summed E-state index contributed by atoms with van der Waals surface area (Å²) in [5.41, 5.74) is 4.05. The molecule has 8 heteroatoms. The number of hydrogen-bond donors (Lipinski definition) is 0. The fourth-order valence-corrected chi connectivity index (χ4v) is 3.49. The number of ether oxygens (including phenoxy) is 3. The lowest BCUT2D eigenvalue weighted by Crippen LogP contribution is -2.20. The van der Waals surface area contributed by atoms with Crippen LogP contribution < -0.4 is 0 Å². The predicted molar refractivity (Wildman–Crippen MR) is 133 cm³/mol. The van der Waals surface area contributed by atoms with Crippen LogP contribution in [0.25, 0.3) is 11.3 Å². The normalized spacial score (nSPS) is 13.6. The van der Waals surface area contributed by atoms with Crippen molar-refractivity contribution >= 4 is 35.3 Å². The van der Waals surface area contributed by atoms with E-state index in [2.05, 4.69) is 43.0 Å². The Kier molecular flexibility index (Phi) is 9.11. The van der Waals surface area contributed by atoms with Gasteiger partial charge >= 0.3 is 6.16 Å². The molecule has 180 valence electrons. The number of benzene rings is 1. The third kappa shape index (κ3) is 6.60. The maximum Gasteiger partial charge on any atom is 0.511 e. The second kappa shape index (κ2) is 11.4. The van der Waals surface area contributed by atoms with E-state index in [1.165, 1.54) is 5.56 Å². The van der Waals surface area contributed by atoms with Crippen molar-refractivity contribution in [3.63, 3.8) is 0 Å². The van der Waals surface area contributed by atoms with Gasteiger partial charge in [-0.2, -0.15) is 5.10 Å². The van der Waals surface area contributed by atoms with Gasteiger partial charge in [-0.15, -0.1) is 0 Å². The number of carbonyl (C=O) groups excluding carboxylic acids is 1. The Balaban J connectivity index is 2.69. The number of allylic oxidation sites excluding steroid dienone is 1. The lowest BCUT2D eigenvalue weighted by molar-refractivity contribution is -0.0660. The van der Waals surface area contributed by atoms with Gasteiger partial charge < -0.3 is 14.2 Å². The molecule has 0 fully saturated rings. The molecule has 0 saturated heterocycles. The third-order valence-corrected chi connectivity index (χ3v) is 5.39. The summed E-state index contributed by atoms with van der Waals surface area (Å²) in [5.74, 6) is 0.411. The van der Waals surface area contributed by atoms with Crippen molar-refractivity contribution in [1.29, 1.82) is 0 Å². The molecular weight excluding hydrogens is 442 g/mol. The highest BCUT2D eigenvalue weighted by Gasteiger charge is 2.25. The summed E-state index contributed by atoms with van der Waals surface area (Å²) in [6.07, 6.45) is -0.0439. The van der Waals surface area contributed by atoms with E-state index in [4.69, 9.17) is 25.8 Å². The number of rotatable bonds is 8. The van der Waals surface area contributed by atoms with Crippen molar-refractivity contribution < 1.29 is 19.0 Å². The van der Waals surface area contributed by atoms with Gasteiger partial charge in [0.25, 0.3) is 0 Å². The maximum atomic E-state index is 11.9. The van der Waals surface area contributed by atoms with Gasteiger partial charge in [-0.1, -0.05) is 56.6 Å². The smallest absolute Gasteiger partial charge is 0.452 e. The second-order valence-corrected chi connectivity index (χ2v) is 8.89. The Hall–Kier alpha value is -2.80. The summed E-state index contributed by atoms with van der Waals surface area (Å²) in [6, 6.07) is 8.20. The molecule has 0 aliphatic rings. The first-order valence-electron chi connectivity index (χ1n) is 11.0. The van der Waals surface area contributed by atoms with Gasteiger partial charge in [0.05, 0.1) is 17.3 Å². The minimum Gasteiger partial charge on any atom is -0.452 e. The molecule has 0 radical (unpaired) electrons. The largest absolute Gasteiger partial charge is 0.511 e. The number of nitrogens with zero attached hydrogens (tertiary/aromatic N) is 3. The summed E-state index contributed by atoms with van der Waals surface area (Å²) in [6.45, 7) is 14.4. The molecule has 1 atom stereocenters. The average Bonchev–Trinajstić information content (AvgIpc) is 3.04. The minimum absolute atomic E-state index is 0.0177. The van der Waals surface area contributed by atoms with Crippen molar-refractivity contribution in [3.8, 4) is 0 Å². The molecule has 0 aliphatic heterocycles. The van der Waals surface area contributed by atoms with Crippen molar-refractivity contribution in [3.05, 3.63) is 51.8 Å². The summed E-state index contributed by atoms with van der Waals surface area (Å²) in [5, 5.41) is 4.99. The van der Waals surface area contributed by atoms with Crippen molar-refractivity contribution in [2.24, 2.45) is 4.99 Å². The zero-order valence-corrected chi connectivity index (χ0v) is 21.5. The number of hydrogen-bond acceptors (Lipinski definition) is 6. The topological polar surface area (TPSA) is 74.9 Å². The first-order valence-corrected chi connectivity index (χ1v) is 11.4. The molecule has 0 bridgehead atoms. The number of carbonyl (C=O) groups is 1. The van der Waals surface area contributed by atoms with E-state index in [1.807, 2.05) is 26.0 Å². The van der Waals surface area contributed by atoms with Gasteiger partial charge in [0.2, 0.25) is 6.29 Å². The summed E-state index contributed by atoms with van der Waals surface area (Å²) < 4.78 is 18.1. The summed E-state index contributed by atoms with van der Waals surface area (Å²) >= 11 is 6.67. The molecule has 0 aliphatic carbocycles. The van der Waals surface area contributed by atoms with Crippen LogP contribution in [-0.2, 0) is 26.2 Å². The van der Waals surface area contributed by atoms with Crippen LogP contribution in [0.15, 0.2) is 29.3 Å². The lowest BCUT2D eigenvalue weighted by atomic mass is 9.86. The van der Waals surface area contributed by atoms with E-state index in [0.717, 1.165) is 5.56 Å². The number of halogens is 1. The quantitative estimate of drug-likeness (QED) is 0.195. The number of aromatic nitrogens is 2. The van der Waals surface area contributed by atoms with E-state index in [1.54, 1.807) is 31.8 Å². The van der Waals surface area contributed by atoms with Crippen LogP contribution in [0.2, 0.25) is 5.02 Å². The molecule has 33 heavy (non-hydrogen) atoms. The zero-order valence-electron chi connectivity index (χ0n) is 20.7. The summed E-state index contributed by atoms with van der Waals surface area (Å²) in [7, 11) is 1.68. The molecule has 1 aromatic heterocycles. The van der Waals surface area contributed by atoms with Crippen LogP contribution >= 0.6 is 11.6 Å². The van der Waals surface area contributed by atoms with Crippen LogP contribution in [0, 0.1) is 6.92 Å². The van der Waals surface area contributed by atoms with E-state index in [0.29, 0.717) is 34.3 Å². The van der Waals surface area contributed by atoms with Gasteiger partial charge in [-0.25, -0.2) is 4.79 Å². The first-order chi connectivity index (χ1) is 15.5. The molecule has 7 nitrogen and oxygen atoms in total. The van der Waals surface area contributed by atoms with Gasteiger partial charge in [0.15, 0.2) is 5.76 Å². The fourth-order valence-electron chi connectivity index (χ4n) is 3.27. The van der Waals surface area contributed by atoms with Crippen LogP contribution in [0.4, 0.5) is 4.79 Å². The van der Waals surface area contributed by atoms with E-state index in [9.17, 15) is 4.79 Å². The molecule has 0 spiro atoms. The van der Waals surface area contributed by atoms with Crippen LogP contribution in [0.5, 0.6) is 0 Å². The minimum atomic E-state index is -0.940. The third-order valence-electron chi connectivity index (χ3n) is 4.94. The van der Waals surface area contributed by atoms with E-state index >= 15 is 0 Å². The van der Waals surface area contributed by atoms with Crippen LogP contribution in [0.1, 0.15) is 64.1 Å². The van der Waals surface area contributed by atoms with E-state index < -0.39 is 12.4 Å². The molecule has 0 amide bonds. The highest BCUT2D eigenvalue weighted by atomic mass is 35.5. The first kappa shape index (κ1) is 26.5. The SMILES string of the molecule is CCOC(=O)OC(C)O/C(=C(/C=N\C)c1ccc(C(C)(C)C)cc1)c1c(Cl)c(C)nn1CC. The van der Waals surface area contributed by atoms with Gasteiger partial charge in [0, 0.05) is 32.3 Å². The molecule has 2 aromatic rings. The van der Waals surface area contributed by atoms with Gasteiger partial charge in [-0.3, -0.25) is 9.67 Å². The Labute approximate surface area is 201 Å². The Bertz CT molecular complexity index is 1020. The molecule has 1 aromatic carbocycles. The van der Waals surface area contributed by atoms with Crippen molar-refractivity contribution in [2.45, 2.75) is 66.7 Å². The average molecular weight is 476 g/mol. The molecule has 2 rings (SSSR count). The molecule has 0 saturated carbocycles. The maximum absolute atomic E-state index is 11.9. The fraction of sp³-hybridized carbons (Fsp3) is 0.480. The molecular formula is C25H34ClN3O4. The summed E-state index contributed by atoms with van der Waals surface area (Å²) in [4.78, 5) is 16.1.